The molecule has 0 fully saturated rings. The van der Waals surface area contributed by atoms with E-state index < -0.39 is 22.1 Å². The first-order valence-electron chi connectivity index (χ1n) is 5.84. The van der Waals surface area contributed by atoms with Gasteiger partial charge < -0.3 is 11.1 Å². The average Bonchev–Trinajstić information content (AvgIpc) is 2.27. The van der Waals surface area contributed by atoms with Crippen LogP contribution in [0.1, 0.15) is 20.3 Å². The zero-order valence-electron chi connectivity index (χ0n) is 10.8. The van der Waals surface area contributed by atoms with E-state index in [4.69, 9.17) is 10.3 Å². The maximum Gasteiger partial charge on any atom is 0.296 e. The van der Waals surface area contributed by atoms with Crippen LogP contribution in [0.15, 0.2) is 29.2 Å². The van der Waals surface area contributed by atoms with Crippen molar-refractivity contribution in [3.05, 3.63) is 24.3 Å². The fourth-order valence-corrected chi connectivity index (χ4v) is 2.28. The molecule has 0 aromatic heterocycles. The fraction of sp³-hybridized carbons (Fsp3) is 0.417. The molecule has 0 saturated carbocycles. The van der Waals surface area contributed by atoms with E-state index in [1.165, 1.54) is 18.2 Å². The first kappa shape index (κ1) is 15.6. The highest BCUT2D eigenvalue weighted by Crippen LogP contribution is 2.20. The van der Waals surface area contributed by atoms with E-state index >= 15 is 0 Å². The van der Waals surface area contributed by atoms with Crippen LogP contribution in [0.4, 0.5) is 5.69 Å². The third-order valence-electron chi connectivity index (χ3n) is 2.48. The number of benzene rings is 1. The smallest absolute Gasteiger partial charge is 0.296 e. The first-order chi connectivity index (χ1) is 8.71. The molecule has 4 N–H and O–H groups in total. The summed E-state index contributed by atoms with van der Waals surface area (Å²) in [5.41, 5.74) is 5.72. The van der Waals surface area contributed by atoms with Gasteiger partial charge in [-0.2, -0.15) is 8.42 Å². The van der Waals surface area contributed by atoms with Crippen LogP contribution in [0.2, 0.25) is 0 Å². The SMILES string of the molecule is CC(C)CC(N)C(=O)Nc1ccccc1S(=O)(=O)O. The maximum absolute atomic E-state index is 11.8. The number of nitrogens with two attached hydrogens (primary N) is 1. The molecule has 0 heterocycles. The second-order valence-corrected chi connectivity index (χ2v) is 6.09. The minimum atomic E-state index is -4.38. The van der Waals surface area contributed by atoms with Crippen LogP contribution in [0.25, 0.3) is 0 Å². The van der Waals surface area contributed by atoms with Gasteiger partial charge in [0, 0.05) is 0 Å². The molecule has 1 atom stereocenters. The normalized spacial score (nSPS) is 13.3. The standard InChI is InChI=1S/C12H18N2O4S/c1-8(2)7-9(13)12(15)14-10-5-3-4-6-11(10)19(16,17)18/h3-6,8-9H,7,13H2,1-2H3,(H,14,15)(H,16,17,18). The van der Waals surface area contributed by atoms with Crippen molar-refractivity contribution in [3.63, 3.8) is 0 Å². The molecule has 0 bridgehead atoms. The van der Waals surface area contributed by atoms with Gasteiger partial charge in [0.05, 0.1) is 11.7 Å². The lowest BCUT2D eigenvalue weighted by Crippen LogP contribution is -2.36. The molecule has 106 valence electrons. The number of hydrogen-bond acceptors (Lipinski definition) is 4. The van der Waals surface area contributed by atoms with Crippen molar-refractivity contribution < 1.29 is 17.8 Å². The van der Waals surface area contributed by atoms with Crippen LogP contribution in [-0.2, 0) is 14.9 Å². The molecule has 0 radical (unpaired) electrons. The minimum Gasteiger partial charge on any atom is -0.323 e. The molecule has 0 aliphatic rings. The minimum absolute atomic E-state index is 0.0224. The molecule has 0 aliphatic heterocycles. The molecule has 7 heteroatoms. The first-order valence-corrected chi connectivity index (χ1v) is 7.28. The van der Waals surface area contributed by atoms with Crippen LogP contribution in [0, 0.1) is 5.92 Å². The number of rotatable bonds is 5. The van der Waals surface area contributed by atoms with Gasteiger partial charge in [-0.1, -0.05) is 26.0 Å². The van der Waals surface area contributed by atoms with Gasteiger partial charge in [0.25, 0.3) is 10.1 Å². The lowest BCUT2D eigenvalue weighted by Gasteiger charge is -2.15. The maximum atomic E-state index is 11.8. The van der Waals surface area contributed by atoms with Gasteiger partial charge in [-0.05, 0) is 24.5 Å². The largest absolute Gasteiger partial charge is 0.323 e. The molecule has 0 aliphatic carbocycles. The third-order valence-corrected chi connectivity index (χ3v) is 3.40. The Morgan fingerprint density at radius 2 is 1.95 bits per heavy atom. The van der Waals surface area contributed by atoms with Crippen molar-refractivity contribution in [2.45, 2.75) is 31.2 Å². The van der Waals surface area contributed by atoms with E-state index in [2.05, 4.69) is 5.32 Å². The lowest BCUT2D eigenvalue weighted by molar-refractivity contribution is -0.117. The Balaban J connectivity index is 2.92. The van der Waals surface area contributed by atoms with Gasteiger partial charge in [-0.25, -0.2) is 0 Å². The topological polar surface area (TPSA) is 109 Å². The molecule has 6 nitrogen and oxygen atoms in total. The van der Waals surface area contributed by atoms with Gasteiger partial charge in [0.15, 0.2) is 0 Å². The van der Waals surface area contributed by atoms with Crippen LogP contribution in [0.5, 0.6) is 0 Å². The van der Waals surface area contributed by atoms with Gasteiger partial charge in [0.1, 0.15) is 4.90 Å². The van der Waals surface area contributed by atoms with Crippen molar-refractivity contribution >= 4 is 21.7 Å². The molecule has 1 aromatic carbocycles. The van der Waals surface area contributed by atoms with Crippen molar-refractivity contribution in [1.29, 1.82) is 0 Å². The summed E-state index contributed by atoms with van der Waals surface area (Å²) in [5, 5.41) is 2.42. The highest BCUT2D eigenvalue weighted by atomic mass is 32.2. The zero-order chi connectivity index (χ0) is 14.6. The predicted octanol–water partition coefficient (Wildman–Crippen LogP) is 1.25. The summed E-state index contributed by atoms with van der Waals surface area (Å²) in [4.78, 5) is 11.5. The summed E-state index contributed by atoms with van der Waals surface area (Å²) in [6.07, 6.45) is 0.486. The molecule has 1 amide bonds. The van der Waals surface area contributed by atoms with E-state index in [0.717, 1.165) is 0 Å². The monoisotopic (exact) mass is 286 g/mol. The Labute approximate surface area is 112 Å². The molecule has 19 heavy (non-hydrogen) atoms. The average molecular weight is 286 g/mol. The second kappa shape index (κ2) is 6.14. The van der Waals surface area contributed by atoms with Crippen molar-refractivity contribution in [3.8, 4) is 0 Å². The number of anilines is 1. The molecule has 0 spiro atoms. The summed E-state index contributed by atoms with van der Waals surface area (Å²) < 4.78 is 31.4. The van der Waals surface area contributed by atoms with Gasteiger partial charge >= 0.3 is 0 Å². The number of hydrogen-bond donors (Lipinski definition) is 3. The van der Waals surface area contributed by atoms with Gasteiger partial charge in [-0.3, -0.25) is 9.35 Å². The second-order valence-electron chi connectivity index (χ2n) is 4.70. The van der Waals surface area contributed by atoms with Crippen LogP contribution < -0.4 is 11.1 Å². The number of carbonyl (C=O) groups is 1. The Hall–Kier alpha value is -1.44. The fourth-order valence-electron chi connectivity index (χ4n) is 1.64. The molecular weight excluding hydrogens is 268 g/mol. The van der Waals surface area contributed by atoms with E-state index in [1.807, 2.05) is 13.8 Å². The highest BCUT2D eigenvalue weighted by Gasteiger charge is 2.20. The van der Waals surface area contributed by atoms with E-state index in [-0.39, 0.29) is 16.5 Å². The summed E-state index contributed by atoms with van der Waals surface area (Å²) >= 11 is 0. The Kier molecular flexibility index (Phi) is 5.04. The quantitative estimate of drug-likeness (QED) is 0.706. The Bertz CT molecular complexity index is 555. The summed E-state index contributed by atoms with van der Waals surface area (Å²) in [7, 11) is -4.38. The third kappa shape index (κ3) is 4.62. The number of para-hydroxylation sites is 1. The Morgan fingerprint density at radius 1 is 1.37 bits per heavy atom. The van der Waals surface area contributed by atoms with E-state index in [1.54, 1.807) is 6.07 Å². The molecule has 1 unspecified atom stereocenters. The molecule has 1 rings (SSSR count). The molecule has 0 saturated heterocycles. The van der Waals surface area contributed by atoms with Crippen LogP contribution in [0.3, 0.4) is 0 Å². The Morgan fingerprint density at radius 3 is 2.47 bits per heavy atom. The summed E-state index contributed by atoms with van der Waals surface area (Å²) in [5.74, 6) is -0.234. The van der Waals surface area contributed by atoms with Crippen molar-refractivity contribution in [2.24, 2.45) is 11.7 Å². The van der Waals surface area contributed by atoms with Crippen molar-refractivity contribution in [1.82, 2.24) is 0 Å². The molecular formula is C12H18N2O4S. The highest BCUT2D eigenvalue weighted by molar-refractivity contribution is 7.86. The number of nitrogens with one attached hydrogen (secondary N) is 1. The number of amides is 1. The predicted molar refractivity (Wildman–Crippen MR) is 72.3 cm³/mol. The van der Waals surface area contributed by atoms with Crippen LogP contribution >= 0.6 is 0 Å². The summed E-state index contributed by atoms with van der Waals surface area (Å²) in [6, 6.07) is 4.88. The van der Waals surface area contributed by atoms with E-state index in [9.17, 15) is 13.2 Å². The van der Waals surface area contributed by atoms with Gasteiger partial charge in [0.2, 0.25) is 5.91 Å². The van der Waals surface area contributed by atoms with E-state index in [0.29, 0.717) is 6.42 Å². The molecule has 1 aromatic rings. The van der Waals surface area contributed by atoms with Crippen molar-refractivity contribution in [2.75, 3.05) is 5.32 Å². The number of carbonyl (C=O) groups excluding carboxylic acids is 1. The zero-order valence-corrected chi connectivity index (χ0v) is 11.6. The van der Waals surface area contributed by atoms with Crippen LogP contribution in [-0.4, -0.2) is 24.9 Å². The summed E-state index contributed by atoms with van der Waals surface area (Å²) in [6.45, 7) is 3.86. The van der Waals surface area contributed by atoms with Gasteiger partial charge in [-0.15, -0.1) is 0 Å². The lowest BCUT2D eigenvalue weighted by atomic mass is 10.0.